The van der Waals surface area contributed by atoms with Crippen molar-refractivity contribution in [1.82, 2.24) is 10.2 Å². The molecule has 2 aliphatic rings. The van der Waals surface area contributed by atoms with Crippen molar-refractivity contribution in [2.75, 3.05) is 45.1 Å². The molecule has 0 radical (unpaired) electrons. The fourth-order valence-corrected chi connectivity index (χ4v) is 3.22. The number of aliphatic hydroxyl groups is 1. The van der Waals surface area contributed by atoms with Crippen molar-refractivity contribution in [3.8, 4) is 0 Å². The van der Waals surface area contributed by atoms with Gasteiger partial charge in [0.15, 0.2) is 0 Å². The maximum atomic E-state index is 12.9. The summed E-state index contributed by atoms with van der Waals surface area (Å²) in [7, 11) is 0. The summed E-state index contributed by atoms with van der Waals surface area (Å²) in [6.07, 6.45) is 0.151. The van der Waals surface area contributed by atoms with Crippen LogP contribution in [0.1, 0.15) is 33.6 Å². The normalized spacial score (nSPS) is 18.6. The maximum absolute atomic E-state index is 12.9. The lowest BCUT2D eigenvalue weighted by molar-refractivity contribution is -0.136. The van der Waals surface area contributed by atoms with Crippen molar-refractivity contribution in [1.29, 1.82) is 0 Å². The Morgan fingerprint density at radius 3 is 2.50 bits per heavy atom. The Hall–Kier alpha value is -2.86. The minimum absolute atomic E-state index is 0.0450. The molecule has 2 aliphatic heterocycles. The van der Waals surface area contributed by atoms with Gasteiger partial charge in [0.05, 0.1) is 56.5 Å². The number of carbonyl (C=O) groups is 4. The number of rotatable bonds is 11. The van der Waals surface area contributed by atoms with E-state index >= 15 is 0 Å². The van der Waals surface area contributed by atoms with Crippen LogP contribution in [-0.2, 0) is 23.9 Å². The Kier molecular flexibility index (Phi) is 7.46. The second-order valence-electron chi connectivity index (χ2n) is 6.57. The standard InChI is InChI=1S/C19H23N3O8/c23-6-7-28-8-9-29-10-11-30-21-13-3-1-2-12-16(13)19(27)22(18(12)26)14-4-5-15(24)20-17(14)25/h1-3,14,21,23H,4-11H2,(H,20,24,25). The number of benzene rings is 1. The van der Waals surface area contributed by atoms with E-state index in [4.69, 9.17) is 19.4 Å². The van der Waals surface area contributed by atoms with Crippen LogP contribution in [-0.4, -0.2) is 79.3 Å². The number of fused-ring (bicyclic) bond motifs is 1. The lowest BCUT2D eigenvalue weighted by Gasteiger charge is -2.27. The first-order valence-electron chi connectivity index (χ1n) is 9.53. The van der Waals surface area contributed by atoms with Gasteiger partial charge in [-0.25, -0.2) is 0 Å². The number of hydrogen-bond acceptors (Lipinski definition) is 9. The molecule has 30 heavy (non-hydrogen) atoms. The summed E-state index contributed by atoms with van der Waals surface area (Å²) in [5.74, 6) is -2.29. The second kappa shape index (κ2) is 10.3. The topological polar surface area (TPSA) is 144 Å². The van der Waals surface area contributed by atoms with E-state index in [9.17, 15) is 19.2 Å². The largest absolute Gasteiger partial charge is 0.394 e. The van der Waals surface area contributed by atoms with E-state index in [1.165, 1.54) is 6.07 Å². The Bertz CT molecular complexity index is 828. The summed E-state index contributed by atoms with van der Waals surface area (Å²) in [6.45, 7) is 1.34. The summed E-state index contributed by atoms with van der Waals surface area (Å²) < 4.78 is 10.3. The zero-order chi connectivity index (χ0) is 21.5. The van der Waals surface area contributed by atoms with E-state index in [-0.39, 0.29) is 50.4 Å². The van der Waals surface area contributed by atoms with Gasteiger partial charge in [-0.15, -0.1) is 0 Å². The number of aliphatic hydroxyl groups excluding tert-OH is 1. The molecule has 11 nitrogen and oxygen atoms in total. The SMILES string of the molecule is O=C1CCC(N2C(=O)c3cccc(NOCCOCCOCCO)c3C2=O)C(=O)N1. The fraction of sp³-hybridized carbons (Fsp3) is 0.474. The number of carbonyl (C=O) groups excluding carboxylic acids is 4. The highest BCUT2D eigenvalue weighted by Gasteiger charge is 2.45. The van der Waals surface area contributed by atoms with Crippen molar-refractivity contribution in [3.05, 3.63) is 29.3 Å². The fourth-order valence-electron chi connectivity index (χ4n) is 3.22. The molecule has 3 N–H and O–H groups in total. The number of hydrogen-bond donors (Lipinski definition) is 3. The van der Waals surface area contributed by atoms with Gasteiger partial charge in [0.25, 0.3) is 11.8 Å². The Balaban J connectivity index is 1.56. The molecule has 0 aliphatic carbocycles. The van der Waals surface area contributed by atoms with E-state index in [1.54, 1.807) is 12.1 Å². The third-order valence-corrected chi connectivity index (χ3v) is 4.59. The molecule has 1 aromatic carbocycles. The highest BCUT2D eigenvalue weighted by Crippen LogP contribution is 2.32. The molecule has 1 saturated heterocycles. The number of imide groups is 2. The minimum Gasteiger partial charge on any atom is -0.394 e. The van der Waals surface area contributed by atoms with Gasteiger partial charge in [-0.05, 0) is 18.6 Å². The predicted molar refractivity (Wildman–Crippen MR) is 101 cm³/mol. The maximum Gasteiger partial charge on any atom is 0.264 e. The molecule has 1 aromatic rings. The third kappa shape index (κ3) is 4.82. The molecular formula is C19H23N3O8. The summed E-state index contributed by atoms with van der Waals surface area (Å²) in [5, 5.41) is 10.7. The van der Waals surface area contributed by atoms with Gasteiger partial charge in [0.1, 0.15) is 6.04 Å². The van der Waals surface area contributed by atoms with Gasteiger partial charge in [-0.1, -0.05) is 6.07 Å². The summed E-state index contributed by atoms with van der Waals surface area (Å²) >= 11 is 0. The second-order valence-corrected chi connectivity index (χ2v) is 6.57. The van der Waals surface area contributed by atoms with Crippen molar-refractivity contribution < 1.29 is 38.6 Å². The van der Waals surface area contributed by atoms with Gasteiger partial charge in [-0.3, -0.25) is 39.7 Å². The van der Waals surface area contributed by atoms with E-state index in [0.29, 0.717) is 18.9 Å². The Morgan fingerprint density at radius 1 is 1.03 bits per heavy atom. The first-order chi connectivity index (χ1) is 14.5. The van der Waals surface area contributed by atoms with Crippen LogP contribution >= 0.6 is 0 Å². The molecule has 0 aromatic heterocycles. The average molecular weight is 421 g/mol. The van der Waals surface area contributed by atoms with Crippen molar-refractivity contribution in [2.45, 2.75) is 18.9 Å². The monoisotopic (exact) mass is 421 g/mol. The van der Waals surface area contributed by atoms with Crippen LogP contribution in [0, 0.1) is 0 Å². The van der Waals surface area contributed by atoms with Gasteiger partial charge in [-0.2, -0.15) is 0 Å². The number of anilines is 1. The number of piperidine rings is 1. The first-order valence-corrected chi connectivity index (χ1v) is 9.53. The number of amides is 4. The van der Waals surface area contributed by atoms with Crippen LogP contribution in [0.2, 0.25) is 0 Å². The molecule has 4 amide bonds. The van der Waals surface area contributed by atoms with Gasteiger partial charge in [0, 0.05) is 6.42 Å². The van der Waals surface area contributed by atoms with Gasteiger partial charge < -0.3 is 14.6 Å². The predicted octanol–water partition coefficient (Wildman–Crippen LogP) is -0.543. The van der Waals surface area contributed by atoms with Crippen LogP contribution in [0.25, 0.3) is 0 Å². The van der Waals surface area contributed by atoms with Gasteiger partial charge >= 0.3 is 0 Å². The van der Waals surface area contributed by atoms with E-state index in [1.807, 2.05) is 0 Å². The third-order valence-electron chi connectivity index (χ3n) is 4.59. The lowest BCUT2D eigenvalue weighted by Crippen LogP contribution is -2.54. The molecule has 1 unspecified atom stereocenters. The molecule has 162 valence electrons. The van der Waals surface area contributed by atoms with Crippen LogP contribution in [0.5, 0.6) is 0 Å². The summed E-state index contributed by atoms with van der Waals surface area (Å²) in [6, 6.07) is 3.66. The number of nitrogens with one attached hydrogen (secondary N) is 2. The molecule has 0 bridgehead atoms. The minimum atomic E-state index is -1.02. The molecule has 2 heterocycles. The van der Waals surface area contributed by atoms with Crippen LogP contribution in [0.3, 0.4) is 0 Å². The van der Waals surface area contributed by atoms with E-state index < -0.39 is 29.7 Å². The smallest absolute Gasteiger partial charge is 0.264 e. The Labute approximate surface area is 172 Å². The molecule has 3 rings (SSSR count). The summed E-state index contributed by atoms with van der Waals surface area (Å²) in [4.78, 5) is 55.3. The van der Waals surface area contributed by atoms with Crippen LogP contribution < -0.4 is 10.8 Å². The highest BCUT2D eigenvalue weighted by molar-refractivity contribution is 6.25. The first kappa shape index (κ1) is 21.8. The molecule has 11 heteroatoms. The van der Waals surface area contributed by atoms with Crippen molar-refractivity contribution >= 4 is 29.3 Å². The van der Waals surface area contributed by atoms with Crippen molar-refractivity contribution in [2.24, 2.45) is 0 Å². The number of nitrogens with zero attached hydrogens (tertiary/aromatic N) is 1. The molecule has 1 atom stereocenters. The number of ether oxygens (including phenoxy) is 2. The van der Waals surface area contributed by atoms with Crippen LogP contribution in [0.15, 0.2) is 18.2 Å². The quantitative estimate of drug-likeness (QED) is 0.244. The average Bonchev–Trinajstić information content (AvgIpc) is 2.98. The van der Waals surface area contributed by atoms with Gasteiger partial charge in [0.2, 0.25) is 11.8 Å². The van der Waals surface area contributed by atoms with E-state index in [2.05, 4.69) is 10.8 Å². The molecule has 0 saturated carbocycles. The van der Waals surface area contributed by atoms with Crippen LogP contribution in [0.4, 0.5) is 5.69 Å². The zero-order valence-corrected chi connectivity index (χ0v) is 16.2. The molecule has 0 spiro atoms. The Morgan fingerprint density at radius 2 is 1.77 bits per heavy atom. The highest BCUT2D eigenvalue weighted by atomic mass is 16.7. The zero-order valence-electron chi connectivity index (χ0n) is 16.2. The molecule has 1 fully saturated rings. The lowest BCUT2D eigenvalue weighted by atomic mass is 10.0. The molecular weight excluding hydrogens is 398 g/mol. The van der Waals surface area contributed by atoms with Crippen molar-refractivity contribution in [3.63, 3.8) is 0 Å². The summed E-state index contributed by atoms with van der Waals surface area (Å²) in [5.41, 5.74) is 3.23. The van der Waals surface area contributed by atoms with E-state index in [0.717, 1.165) is 4.90 Å².